The molecule has 0 saturated heterocycles. The molecule has 0 rings (SSSR count). The first kappa shape index (κ1) is 18.9. The lowest BCUT2D eigenvalue weighted by atomic mass is 9.89. The van der Waals surface area contributed by atoms with Gasteiger partial charge in [-0.1, -0.05) is 20.3 Å². The molecule has 0 spiro atoms. The van der Waals surface area contributed by atoms with E-state index in [1.807, 2.05) is 48.5 Å². The molecule has 0 aliphatic heterocycles. The molecule has 4 nitrogen and oxygen atoms in total. The lowest BCUT2D eigenvalue weighted by molar-refractivity contribution is -0.172. The number of rotatable bonds is 5. The molecule has 0 amide bonds. The minimum atomic E-state index is -0.546. The van der Waals surface area contributed by atoms with Crippen molar-refractivity contribution >= 4 is 11.9 Å². The summed E-state index contributed by atoms with van der Waals surface area (Å²) in [6.07, 6.45) is 1.44. The summed E-state index contributed by atoms with van der Waals surface area (Å²) in [5, 5.41) is 0. The molecule has 0 aromatic heterocycles. The lowest BCUT2D eigenvalue weighted by Crippen LogP contribution is -2.37. The Morgan fingerprint density at radius 3 is 1.65 bits per heavy atom. The van der Waals surface area contributed by atoms with Crippen LogP contribution in [0.4, 0.5) is 0 Å². The van der Waals surface area contributed by atoms with Crippen molar-refractivity contribution in [2.75, 3.05) is 0 Å². The largest absolute Gasteiger partial charge is 0.460 e. The Bertz CT molecular complexity index is 333. The molecular formula is C16H30O4. The summed E-state index contributed by atoms with van der Waals surface area (Å²) in [4.78, 5) is 24.3. The summed E-state index contributed by atoms with van der Waals surface area (Å²) in [5.74, 6) is -1.61. The number of carbonyl (C=O) groups excluding carboxylic acids is 2. The molecule has 2 atom stereocenters. The Morgan fingerprint density at radius 2 is 1.30 bits per heavy atom. The maximum atomic E-state index is 12.2. The van der Waals surface area contributed by atoms with Crippen LogP contribution < -0.4 is 0 Å². The van der Waals surface area contributed by atoms with Gasteiger partial charge in [-0.15, -0.1) is 0 Å². The van der Waals surface area contributed by atoms with Gasteiger partial charge in [0.05, 0.1) is 11.8 Å². The van der Waals surface area contributed by atoms with Gasteiger partial charge in [-0.25, -0.2) is 0 Å². The van der Waals surface area contributed by atoms with E-state index in [-0.39, 0.29) is 11.9 Å². The SMILES string of the molecule is CCCC(C(=O)OC(C)(C)C)C(C)C(=O)OC(C)(C)C. The van der Waals surface area contributed by atoms with Gasteiger partial charge in [0.15, 0.2) is 0 Å². The molecule has 4 heteroatoms. The third-order valence-electron chi connectivity index (χ3n) is 2.69. The summed E-state index contributed by atoms with van der Waals surface area (Å²) in [5.41, 5.74) is -1.09. The second-order valence-electron chi connectivity index (χ2n) is 7.25. The van der Waals surface area contributed by atoms with E-state index >= 15 is 0 Å². The maximum absolute atomic E-state index is 12.2. The van der Waals surface area contributed by atoms with Crippen molar-refractivity contribution in [2.24, 2.45) is 11.8 Å². The van der Waals surface area contributed by atoms with Gasteiger partial charge in [-0.05, 0) is 48.0 Å². The Labute approximate surface area is 123 Å². The third kappa shape index (κ3) is 7.51. The van der Waals surface area contributed by atoms with Gasteiger partial charge in [0.1, 0.15) is 11.2 Å². The number of esters is 2. The van der Waals surface area contributed by atoms with Crippen molar-refractivity contribution in [1.29, 1.82) is 0 Å². The van der Waals surface area contributed by atoms with Crippen molar-refractivity contribution in [2.45, 2.75) is 79.4 Å². The van der Waals surface area contributed by atoms with Gasteiger partial charge >= 0.3 is 11.9 Å². The van der Waals surface area contributed by atoms with Gasteiger partial charge in [-0.3, -0.25) is 9.59 Å². The van der Waals surface area contributed by atoms with Crippen LogP contribution >= 0.6 is 0 Å². The van der Waals surface area contributed by atoms with Crippen molar-refractivity contribution in [3.63, 3.8) is 0 Å². The lowest BCUT2D eigenvalue weighted by Gasteiger charge is -2.28. The first-order valence-electron chi connectivity index (χ1n) is 7.33. The van der Waals surface area contributed by atoms with Crippen LogP contribution in [0.1, 0.15) is 68.2 Å². The quantitative estimate of drug-likeness (QED) is 0.723. The van der Waals surface area contributed by atoms with E-state index in [2.05, 4.69) is 0 Å². The number of ether oxygens (including phenoxy) is 2. The van der Waals surface area contributed by atoms with E-state index in [4.69, 9.17) is 9.47 Å². The van der Waals surface area contributed by atoms with Crippen LogP contribution in [-0.4, -0.2) is 23.1 Å². The van der Waals surface area contributed by atoms with Crippen LogP contribution in [0, 0.1) is 11.8 Å². The topological polar surface area (TPSA) is 52.6 Å². The van der Waals surface area contributed by atoms with Crippen molar-refractivity contribution < 1.29 is 19.1 Å². The molecule has 0 aromatic rings. The predicted molar refractivity (Wildman–Crippen MR) is 79.3 cm³/mol. The van der Waals surface area contributed by atoms with Crippen LogP contribution in [0.3, 0.4) is 0 Å². The fraction of sp³-hybridized carbons (Fsp3) is 0.875. The van der Waals surface area contributed by atoms with Gasteiger partial charge in [0.2, 0.25) is 0 Å². The fourth-order valence-corrected chi connectivity index (χ4v) is 1.82. The summed E-state index contributed by atoms with van der Waals surface area (Å²) < 4.78 is 10.8. The summed E-state index contributed by atoms with van der Waals surface area (Å²) in [6.45, 7) is 14.7. The number of carbonyl (C=O) groups is 2. The minimum absolute atomic E-state index is 0.322. The molecule has 0 bridgehead atoms. The van der Waals surface area contributed by atoms with E-state index < -0.39 is 23.0 Å². The monoisotopic (exact) mass is 286 g/mol. The highest BCUT2D eigenvalue weighted by molar-refractivity contribution is 5.82. The summed E-state index contributed by atoms with van der Waals surface area (Å²) in [6, 6.07) is 0. The highest BCUT2D eigenvalue weighted by Crippen LogP contribution is 2.25. The molecule has 0 radical (unpaired) electrons. The maximum Gasteiger partial charge on any atom is 0.310 e. The fourth-order valence-electron chi connectivity index (χ4n) is 1.82. The predicted octanol–water partition coefficient (Wildman–Crippen LogP) is 3.72. The highest BCUT2D eigenvalue weighted by atomic mass is 16.6. The van der Waals surface area contributed by atoms with Gasteiger partial charge < -0.3 is 9.47 Å². The summed E-state index contributed by atoms with van der Waals surface area (Å²) >= 11 is 0. The van der Waals surface area contributed by atoms with Gasteiger partial charge in [0.25, 0.3) is 0 Å². The van der Waals surface area contributed by atoms with Crippen LogP contribution in [0.2, 0.25) is 0 Å². The Kier molecular flexibility index (Phi) is 6.72. The minimum Gasteiger partial charge on any atom is -0.460 e. The van der Waals surface area contributed by atoms with Crippen LogP contribution in [0.15, 0.2) is 0 Å². The molecule has 0 N–H and O–H groups in total. The average molecular weight is 286 g/mol. The van der Waals surface area contributed by atoms with E-state index in [0.717, 1.165) is 6.42 Å². The Morgan fingerprint density at radius 1 is 0.900 bits per heavy atom. The zero-order valence-corrected chi connectivity index (χ0v) is 14.2. The Balaban J connectivity index is 4.90. The molecule has 0 heterocycles. The van der Waals surface area contributed by atoms with Crippen molar-refractivity contribution in [1.82, 2.24) is 0 Å². The first-order chi connectivity index (χ1) is 8.87. The van der Waals surface area contributed by atoms with Crippen LogP contribution in [0.5, 0.6) is 0 Å². The molecular weight excluding hydrogens is 256 g/mol. The zero-order valence-electron chi connectivity index (χ0n) is 14.2. The molecule has 118 valence electrons. The van der Waals surface area contributed by atoms with E-state index in [1.165, 1.54) is 0 Å². The van der Waals surface area contributed by atoms with Crippen LogP contribution in [0.25, 0.3) is 0 Å². The third-order valence-corrected chi connectivity index (χ3v) is 2.69. The smallest absolute Gasteiger partial charge is 0.310 e. The van der Waals surface area contributed by atoms with Crippen LogP contribution in [-0.2, 0) is 19.1 Å². The molecule has 0 fully saturated rings. The molecule has 0 aliphatic rings. The standard InChI is InChI=1S/C16H30O4/c1-9-10-12(14(18)20-16(6,7)8)11(2)13(17)19-15(3,4)5/h11-12H,9-10H2,1-8H3. The van der Waals surface area contributed by atoms with E-state index in [1.54, 1.807) is 6.92 Å². The van der Waals surface area contributed by atoms with Gasteiger partial charge in [0, 0.05) is 0 Å². The Hall–Kier alpha value is -1.06. The molecule has 0 aliphatic carbocycles. The number of hydrogen-bond acceptors (Lipinski definition) is 4. The van der Waals surface area contributed by atoms with E-state index in [9.17, 15) is 9.59 Å². The number of hydrogen-bond donors (Lipinski definition) is 0. The zero-order chi connectivity index (χ0) is 16.1. The average Bonchev–Trinajstić information content (AvgIpc) is 2.19. The van der Waals surface area contributed by atoms with Gasteiger partial charge in [-0.2, -0.15) is 0 Å². The normalized spacial score (nSPS) is 15.4. The van der Waals surface area contributed by atoms with E-state index in [0.29, 0.717) is 6.42 Å². The second kappa shape index (κ2) is 7.09. The molecule has 2 unspecified atom stereocenters. The molecule has 20 heavy (non-hydrogen) atoms. The summed E-state index contributed by atoms with van der Waals surface area (Å²) in [7, 11) is 0. The van der Waals surface area contributed by atoms with Crippen molar-refractivity contribution in [3.05, 3.63) is 0 Å². The molecule has 0 aromatic carbocycles. The van der Waals surface area contributed by atoms with Crippen molar-refractivity contribution in [3.8, 4) is 0 Å². The first-order valence-corrected chi connectivity index (χ1v) is 7.33. The highest BCUT2D eigenvalue weighted by Gasteiger charge is 2.35. The second-order valence-corrected chi connectivity index (χ2v) is 7.25. The molecule has 0 saturated carbocycles.